The first-order valence-corrected chi connectivity index (χ1v) is 9.17. The van der Waals surface area contributed by atoms with Crippen LogP contribution in [0.15, 0.2) is 35.0 Å². The van der Waals surface area contributed by atoms with E-state index in [1.807, 2.05) is 24.9 Å². The molecule has 0 spiro atoms. The Morgan fingerprint density at radius 2 is 1.84 bits per heavy atom. The molecule has 6 heteroatoms. The molecule has 2 aliphatic rings. The molecule has 134 valence electrons. The van der Waals surface area contributed by atoms with Crippen LogP contribution in [0.4, 0.5) is 5.69 Å². The van der Waals surface area contributed by atoms with Gasteiger partial charge >= 0.3 is 0 Å². The monoisotopic (exact) mass is 362 g/mol. The fourth-order valence-electron chi connectivity index (χ4n) is 3.59. The van der Waals surface area contributed by atoms with Gasteiger partial charge in [0.2, 0.25) is 0 Å². The van der Waals surface area contributed by atoms with Crippen LogP contribution in [-0.4, -0.2) is 36.4 Å². The van der Waals surface area contributed by atoms with E-state index in [9.17, 15) is 9.59 Å². The van der Waals surface area contributed by atoms with Crippen molar-refractivity contribution in [2.24, 2.45) is 0 Å². The highest BCUT2D eigenvalue weighted by Crippen LogP contribution is 2.37. The Kier molecular flexibility index (Phi) is 5.33. The number of anilines is 1. The third-order valence-corrected chi connectivity index (χ3v) is 5.23. The maximum absolute atomic E-state index is 13.0. The van der Waals surface area contributed by atoms with E-state index >= 15 is 0 Å². The highest BCUT2D eigenvalue weighted by atomic mass is 35.5. The Labute approximate surface area is 153 Å². The van der Waals surface area contributed by atoms with Crippen LogP contribution in [0.25, 0.3) is 0 Å². The summed E-state index contributed by atoms with van der Waals surface area (Å²) >= 11 is 6.30. The lowest BCUT2D eigenvalue weighted by atomic mass is 9.94. The number of hydrogen-bond donors (Lipinski definition) is 0. The van der Waals surface area contributed by atoms with Gasteiger partial charge in [-0.2, -0.15) is 0 Å². The Bertz CT molecular complexity index is 710. The predicted octanol–water partition coefficient (Wildman–Crippen LogP) is 3.67. The molecule has 1 aromatic rings. The highest BCUT2D eigenvalue weighted by molar-refractivity contribution is 6.52. The number of halogens is 1. The molecule has 0 aromatic heterocycles. The van der Waals surface area contributed by atoms with E-state index in [4.69, 9.17) is 16.3 Å². The van der Waals surface area contributed by atoms with E-state index in [0.717, 1.165) is 30.6 Å². The van der Waals surface area contributed by atoms with Gasteiger partial charge in [0.05, 0.1) is 12.3 Å². The smallest absolute Gasteiger partial charge is 0.283 e. The van der Waals surface area contributed by atoms with Gasteiger partial charge in [-0.3, -0.25) is 9.59 Å². The summed E-state index contributed by atoms with van der Waals surface area (Å²) in [6.07, 6.45) is 5.53. The molecule has 5 nitrogen and oxygen atoms in total. The third-order valence-electron chi connectivity index (χ3n) is 4.89. The summed E-state index contributed by atoms with van der Waals surface area (Å²) in [7, 11) is 1.86. The van der Waals surface area contributed by atoms with Crippen LogP contribution < -0.4 is 9.64 Å². The number of carbonyl (C=O) groups excluding carboxylic acids is 2. The number of benzene rings is 1. The van der Waals surface area contributed by atoms with Crippen LogP contribution in [0, 0.1) is 0 Å². The van der Waals surface area contributed by atoms with Crippen molar-refractivity contribution in [3.63, 3.8) is 0 Å². The third kappa shape index (κ3) is 3.25. The minimum Gasteiger partial charge on any atom is -0.492 e. The van der Waals surface area contributed by atoms with Gasteiger partial charge in [0, 0.05) is 13.1 Å². The van der Waals surface area contributed by atoms with Crippen LogP contribution in [0.1, 0.15) is 39.0 Å². The number of para-hydroxylation sites is 2. The van der Waals surface area contributed by atoms with E-state index in [1.54, 1.807) is 18.2 Å². The van der Waals surface area contributed by atoms with E-state index in [0.29, 0.717) is 23.7 Å². The maximum atomic E-state index is 13.0. The van der Waals surface area contributed by atoms with Gasteiger partial charge in [0.1, 0.15) is 16.5 Å². The SMILES string of the molecule is CCOc1ccccc1N1C(=O)C(Cl)=C(N(C)C2CCCCC2)C1=O. The average molecular weight is 363 g/mol. The number of rotatable bonds is 5. The quantitative estimate of drug-likeness (QED) is 0.750. The number of ether oxygens (including phenoxy) is 1. The molecule has 0 unspecified atom stereocenters. The molecule has 1 aliphatic carbocycles. The standard InChI is InChI=1S/C19H23ClN2O3/c1-3-25-15-12-8-7-11-14(15)22-18(23)16(20)17(19(22)24)21(2)13-9-5-4-6-10-13/h7-8,11-13H,3-6,9-10H2,1-2H3. The van der Waals surface area contributed by atoms with Gasteiger partial charge in [-0.15, -0.1) is 0 Å². The summed E-state index contributed by atoms with van der Waals surface area (Å²) in [6.45, 7) is 2.31. The first kappa shape index (κ1) is 17.8. The second kappa shape index (κ2) is 7.48. The van der Waals surface area contributed by atoms with Crippen molar-refractivity contribution < 1.29 is 14.3 Å². The van der Waals surface area contributed by atoms with Crippen molar-refractivity contribution in [2.45, 2.75) is 45.1 Å². The molecule has 0 saturated heterocycles. The molecule has 0 bridgehead atoms. The van der Waals surface area contributed by atoms with Crippen LogP contribution in [0.5, 0.6) is 5.75 Å². The summed E-state index contributed by atoms with van der Waals surface area (Å²) in [5, 5.41) is -0.00984. The average Bonchev–Trinajstić information content (AvgIpc) is 2.85. The summed E-state index contributed by atoms with van der Waals surface area (Å²) in [4.78, 5) is 28.8. The molecule has 25 heavy (non-hydrogen) atoms. The van der Waals surface area contributed by atoms with Crippen molar-refractivity contribution in [3.8, 4) is 5.75 Å². The second-order valence-corrected chi connectivity index (χ2v) is 6.79. The van der Waals surface area contributed by atoms with E-state index in [-0.39, 0.29) is 17.0 Å². The molecule has 0 N–H and O–H groups in total. The molecular weight excluding hydrogens is 340 g/mol. The first-order valence-electron chi connectivity index (χ1n) is 8.79. The van der Waals surface area contributed by atoms with Crippen molar-refractivity contribution in [1.82, 2.24) is 4.90 Å². The first-order chi connectivity index (χ1) is 12.1. The lowest BCUT2D eigenvalue weighted by Crippen LogP contribution is -2.38. The summed E-state index contributed by atoms with van der Waals surface area (Å²) in [5.41, 5.74) is 0.731. The molecule has 1 aliphatic heterocycles. The van der Waals surface area contributed by atoms with Crippen LogP contribution in [0.3, 0.4) is 0 Å². The summed E-state index contributed by atoms with van der Waals surface area (Å²) in [5.74, 6) is -0.371. The summed E-state index contributed by atoms with van der Waals surface area (Å²) in [6, 6.07) is 7.28. The van der Waals surface area contributed by atoms with Crippen molar-refractivity contribution >= 4 is 29.1 Å². The largest absolute Gasteiger partial charge is 0.492 e. The number of hydrogen-bond acceptors (Lipinski definition) is 4. The minimum absolute atomic E-state index is 0.00984. The molecule has 2 amide bonds. The Morgan fingerprint density at radius 1 is 1.16 bits per heavy atom. The van der Waals surface area contributed by atoms with Crippen molar-refractivity contribution in [3.05, 3.63) is 35.0 Å². The van der Waals surface area contributed by atoms with Gasteiger partial charge in [-0.05, 0) is 31.9 Å². The zero-order valence-electron chi connectivity index (χ0n) is 14.6. The van der Waals surface area contributed by atoms with Crippen molar-refractivity contribution in [1.29, 1.82) is 0 Å². The van der Waals surface area contributed by atoms with Gasteiger partial charge in [0.15, 0.2) is 0 Å². The van der Waals surface area contributed by atoms with Gasteiger partial charge in [0.25, 0.3) is 11.8 Å². The number of amides is 2. The number of nitrogens with zero attached hydrogens (tertiary/aromatic N) is 2. The molecule has 1 fully saturated rings. The second-order valence-electron chi connectivity index (χ2n) is 6.41. The van der Waals surface area contributed by atoms with Gasteiger partial charge in [-0.1, -0.05) is 43.0 Å². The number of likely N-dealkylation sites (N-methyl/N-ethyl adjacent to an activating group) is 1. The van der Waals surface area contributed by atoms with Crippen LogP contribution in [0.2, 0.25) is 0 Å². The molecule has 3 rings (SSSR count). The summed E-state index contributed by atoms with van der Waals surface area (Å²) < 4.78 is 5.57. The lowest BCUT2D eigenvalue weighted by Gasteiger charge is -2.33. The number of imide groups is 1. The van der Waals surface area contributed by atoms with Gasteiger partial charge < -0.3 is 9.64 Å². The Hall–Kier alpha value is -2.01. The molecule has 1 saturated carbocycles. The van der Waals surface area contributed by atoms with Gasteiger partial charge in [-0.25, -0.2) is 4.90 Å². The molecule has 1 aromatic carbocycles. The van der Waals surface area contributed by atoms with Crippen LogP contribution >= 0.6 is 11.6 Å². The fraction of sp³-hybridized carbons (Fsp3) is 0.474. The fourth-order valence-corrected chi connectivity index (χ4v) is 3.88. The Morgan fingerprint density at radius 3 is 2.52 bits per heavy atom. The van der Waals surface area contributed by atoms with E-state index < -0.39 is 5.91 Å². The molecule has 1 heterocycles. The van der Waals surface area contributed by atoms with Crippen LogP contribution in [-0.2, 0) is 9.59 Å². The highest BCUT2D eigenvalue weighted by Gasteiger charge is 2.42. The minimum atomic E-state index is -0.489. The zero-order chi connectivity index (χ0) is 18.0. The van der Waals surface area contributed by atoms with E-state index in [2.05, 4.69) is 0 Å². The molecule has 0 radical (unpaired) electrons. The lowest BCUT2D eigenvalue weighted by molar-refractivity contribution is -0.121. The van der Waals surface area contributed by atoms with Crippen molar-refractivity contribution in [2.75, 3.05) is 18.6 Å². The van der Waals surface area contributed by atoms with E-state index in [1.165, 1.54) is 6.42 Å². The predicted molar refractivity (Wildman–Crippen MR) is 97.6 cm³/mol. The Balaban J connectivity index is 1.91. The normalized spacial score (nSPS) is 18.9. The zero-order valence-corrected chi connectivity index (χ0v) is 15.4. The molecular formula is C19H23ClN2O3. The number of carbonyl (C=O) groups is 2. The topological polar surface area (TPSA) is 49.9 Å². The maximum Gasteiger partial charge on any atom is 0.283 e. The molecule has 0 atom stereocenters.